The molecule has 1 aromatic heterocycles. The van der Waals surface area contributed by atoms with E-state index in [1.54, 1.807) is 24.3 Å². The summed E-state index contributed by atoms with van der Waals surface area (Å²) in [6.07, 6.45) is 29.0. The molecule has 1 heterocycles. The van der Waals surface area contributed by atoms with Gasteiger partial charge in [-0.3, -0.25) is 0 Å². The molecule has 4 rings (SSSR count). The Labute approximate surface area is 278 Å². The van der Waals surface area contributed by atoms with Crippen LogP contribution in [0.2, 0.25) is 0 Å². The molecule has 0 unspecified atom stereocenters. The summed E-state index contributed by atoms with van der Waals surface area (Å²) in [6.45, 7) is 4.51. The summed E-state index contributed by atoms with van der Waals surface area (Å²) in [5, 5.41) is 0. The van der Waals surface area contributed by atoms with Crippen molar-refractivity contribution in [3.8, 4) is 17.1 Å². The molecular weight excluding hydrogens is 571 g/mol. The number of carbonyl (C=O) groups excluding carboxylic acids is 1. The summed E-state index contributed by atoms with van der Waals surface area (Å²) in [6, 6.07) is 12.0. The Balaban J connectivity index is 1.19. The van der Waals surface area contributed by atoms with Crippen molar-refractivity contribution in [2.24, 2.45) is 5.92 Å². The fraction of sp³-hybridized carbons (Fsp3) is 0.585. The van der Waals surface area contributed by atoms with Crippen LogP contribution in [0.5, 0.6) is 5.75 Å². The predicted octanol–water partition coefficient (Wildman–Crippen LogP) is 12.2. The fourth-order valence-electron chi connectivity index (χ4n) is 6.89. The zero-order valence-electron chi connectivity index (χ0n) is 28.6. The van der Waals surface area contributed by atoms with Crippen molar-refractivity contribution in [1.29, 1.82) is 0 Å². The largest absolute Gasteiger partial charge is 0.423 e. The van der Waals surface area contributed by atoms with Gasteiger partial charge in [0.1, 0.15) is 11.6 Å². The van der Waals surface area contributed by atoms with Gasteiger partial charge >= 0.3 is 5.97 Å². The number of esters is 1. The molecule has 1 aliphatic rings. The van der Waals surface area contributed by atoms with Crippen molar-refractivity contribution < 1.29 is 13.9 Å². The summed E-state index contributed by atoms with van der Waals surface area (Å²) in [5.74, 6) is 1.22. The Hall–Kier alpha value is -3.08. The first kappa shape index (κ1) is 35.8. The highest BCUT2D eigenvalue weighted by Crippen LogP contribution is 2.39. The second-order valence-corrected chi connectivity index (χ2v) is 13.6. The van der Waals surface area contributed by atoms with Crippen LogP contribution in [0, 0.1) is 11.7 Å². The van der Waals surface area contributed by atoms with Crippen molar-refractivity contribution in [2.75, 3.05) is 0 Å². The maximum Gasteiger partial charge on any atom is 0.343 e. The lowest BCUT2D eigenvalue weighted by Gasteiger charge is -2.29. The minimum absolute atomic E-state index is 0.234. The van der Waals surface area contributed by atoms with Crippen LogP contribution in [-0.4, -0.2) is 15.9 Å². The van der Waals surface area contributed by atoms with Gasteiger partial charge in [-0.05, 0) is 97.9 Å². The number of hydrogen-bond acceptors (Lipinski definition) is 4. The Morgan fingerprint density at radius 3 is 1.93 bits per heavy atom. The zero-order valence-corrected chi connectivity index (χ0v) is 28.6. The van der Waals surface area contributed by atoms with E-state index in [0.717, 1.165) is 41.9 Å². The molecule has 0 bridgehead atoms. The second kappa shape index (κ2) is 20.2. The van der Waals surface area contributed by atoms with Gasteiger partial charge in [-0.1, -0.05) is 110 Å². The first-order chi connectivity index (χ1) is 22.6. The maximum atomic E-state index is 15.2. The lowest BCUT2D eigenvalue weighted by molar-refractivity contribution is 0.0734. The SMILES string of the molecule is CCCCCCCCCc1cnc(-c2ccc(OC(=O)c3ccc([C@H]4CC[C@H](CCCCCCCCC)CC4)c(F)c3)cc2)nc1. The number of rotatable bonds is 20. The number of carbonyl (C=O) groups is 1. The Morgan fingerprint density at radius 2 is 1.33 bits per heavy atom. The van der Waals surface area contributed by atoms with Gasteiger partial charge in [0.25, 0.3) is 0 Å². The number of ether oxygens (including phenoxy) is 1. The van der Waals surface area contributed by atoms with E-state index >= 15 is 4.39 Å². The molecule has 1 aliphatic carbocycles. The van der Waals surface area contributed by atoms with E-state index < -0.39 is 5.97 Å². The van der Waals surface area contributed by atoms with Gasteiger partial charge in [0.2, 0.25) is 0 Å². The molecule has 4 nitrogen and oxygen atoms in total. The van der Waals surface area contributed by atoms with Crippen molar-refractivity contribution in [2.45, 2.75) is 148 Å². The van der Waals surface area contributed by atoms with Gasteiger partial charge in [0.15, 0.2) is 5.82 Å². The topological polar surface area (TPSA) is 52.1 Å². The van der Waals surface area contributed by atoms with E-state index in [-0.39, 0.29) is 17.3 Å². The third-order valence-electron chi connectivity index (χ3n) is 9.84. The average Bonchev–Trinajstić information content (AvgIpc) is 3.08. The van der Waals surface area contributed by atoms with Crippen LogP contribution >= 0.6 is 0 Å². The molecule has 3 aromatic rings. The fourth-order valence-corrected chi connectivity index (χ4v) is 6.89. The number of benzene rings is 2. The molecular formula is C41H57FN2O2. The molecule has 1 fully saturated rings. The minimum atomic E-state index is -0.553. The molecule has 1 saturated carbocycles. The van der Waals surface area contributed by atoms with Crippen LogP contribution in [-0.2, 0) is 6.42 Å². The summed E-state index contributed by atoms with van der Waals surface area (Å²) < 4.78 is 20.8. The number of halogens is 1. The summed E-state index contributed by atoms with van der Waals surface area (Å²) in [4.78, 5) is 22.0. The summed E-state index contributed by atoms with van der Waals surface area (Å²) >= 11 is 0. The molecule has 46 heavy (non-hydrogen) atoms. The summed E-state index contributed by atoms with van der Waals surface area (Å²) in [7, 11) is 0. The van der Waals surface area contributed by atoms with Gasteiger partial charge in [-0.15, -0.1) is 0 Å². The standard InChI is InChI=1S/C41H57FN2O2/c1-3-5-7-9-11-13-15-17-32-19-21-34(22-20-32)38-28-25-36(29-39(38)42)41(45)46-37-26-23-35(24-27-37)40-43-30-33(31-44-40)18-16-14-12-10-8-6-4-2/h23-32,34H,3-22H2,1-2H3/t32-,34-. The quantitative estimate of drug-likeness (QED) is 0.0709. The van der Waals surface area contributed by atoms with Gasteiger partial charge in [0, 0.05) is 18.0 Å². The number of hydrogen-bond donors (Lipinski definition) is 0. The van der Waals surface area contributed by atoms with Gasteiger partial charge in [0.05, 0.1) is 5.56 Å². The van der Waals surface area contributed by atoms with E-state index in [9.17, 15) is 4.79 Å². The molecule has 0 atom stereocenters. The molecule has 250 valence electrons. The molecule has 0 spiro atoms. The van der Waals surface area contributed by atoms with E-state index in [4.69, 9.17) is 4.74 Å². The van der Waals surface area contributed by atoms with E-state index in [1.807, 2.05) is 24.5 Å². The molecule has 0 radical (unpaired) electrons. The summed E-state index contributed by atoms with van der Waals surface area (Å²) in [5.41, 5.74) is 2.99. The van der Waals surface area contributed by atoms with E-state index in [2.05, 4.69) is 23.8 Å². The lowest BCUT2D eigenvalue weighted by Crippen LogP contribution is -2.15. The minimum Gasteiger partial charge on any atom is -0.423 e. The Morgan fingerprint density at radius 1 is 0.739 bits per heavy atom. The van der Waals surface area contributed by atoms with Crippen molar-refractivity contribution in [3.63, 3.8) is 0 Å². The number of nitrogens with zero attached hydrogens (tertiary/aromatic N) is 2. The highest BCUT2D eigenvalue weighted by atomic mass is 19.1. The Bertz CT molecular complexity index is 1280. The molecule has 5 heteroatoms. The highest BCUT2D eigenvalue weighted by Gasteiger charge is 2.25. The Kier molecular flexibility index (Phi) is 15.7. The predicted molar refractivity (Wildman–Crippen MR) is 188 cm³/mol. The van der Waals surface area contributed by atoms with Gasteiger partial charge in [-0.2, -0.15) is 0 Å². The van der Waals surface area contributed by atoms with Crippen LogP contribution < -0.4 is 4.74 Å². The van der Waals surface area contributed by atoms with E-state index in [0.29, 0.717) is 11.6 Å². The third kappa shape index (κ3) is 11.9. The van der Waals surface area contributed by atoms with Crippen LogP contribution in [0.15, 0.2) is 54.9 Å². The van der Waals surface area contributed by atoms with Crippen molar-refractivity contribution in [3.05, 3.63) is 77.4 Å². The van der Waals surface area contributed by atoms with Crippen LogP contribution in [0.3, 0.4) is 0 Å². The first-order valence-electron chi connectivity index (χ1n) is 18.5. The monoisotopic (exact) mass is 628 g/mol. The van der Waals surface area contributed by atoms with Crippen LogP contribution in [0.1, 0.15) is 163 Å². The zero-order chi connectivity index (χ0) is 32.4. The van der Waals surface area contributed by atoms with Crippen LogP contribution in [0.4, 0.5) is 4.39 Å². The maximum absolute atomic E-state index is 15.2. The number of aryl methyl sites for hydroxylation is 1. The van der Waals surface area contributed by atoms with Gasteiger partial charge in [-0.25, -0.2) is 19.2 Å². The number of unbranched alkanes of at least 4 members (excludes halogenated alkanes) is 12. The third-order valence-corrected chi connectivity index (χ3v) is 9.84. The lowest BCUT2D eigenvalue weighted by atomic mass is 9.76. The second-order valence-electron chi connectivity index (χ2n) is 13.6. The van der Waals surface area contributed by atoms with E-state index in [1.165, 1.54) is 115 Å². The van der Waals surface area contributed by atoms with Crippen molar-refractivity contribution in [1.82, 2.24) is 9.97 Å². The normalized spacial score (nSPS) is 16.4. The smallest absolute Gasteiger partial charge is 0.343 e. The molecule has 2 aromatic carbocycles. The molecule has 0 saturated heterocycles. The molecule has 0 aliphatic heterocycles. The number of aromatic nitrogens is 2. The van der Waals surface area contributed by atoms with Crippen LogP contribution in [0.25, 0.3) is 11.4 Å². The first-order valence-corrected chi connectivity index (χ1v) is 18.5. The molecule has 0 N–H and O–H groups in total. The average molecular weight is 629 g/mol. The molecule has 0 amide bonds. The van der Waals surface area contributed by atoms with Crippen molar-refractivity contribution >= 4 is 5.97 Å². The highest BCUT2D eigenvalue weighted by molar-refractivity contribution is 5.91. The van der Waals surface area contributed by atoms with Gasteiger partial charge < -0.3 is 4.74 Å².